The van der Waals surface area contributed by atoms with E-state index in [1.165, 1.54) is 0 Å². The van der Waals surface area contributed by atoms with Crippen molar-refractivity contribution in [2.75, 3.05) is 0 Å². The highest BCUT2D eigenvalue weighted by Gasteiger charge is 2.20. The molecule has 0 spiro atoms. The van der Waals surface area contributed by atoms with E-state index in [-0.39, 0.29) is 5.41 Å². The first-order valence-corrected chi connectivity index (χ1v) is 5.30. The van der Waals surface area contributed by atoms with Crippen molar-refractivity contribution in [2.24, 2.45) is 0 Å². The maximum Gasteiger partial charge on any atom is 0.221 e. The average molecular weight is 210 g/mol. The van der Waals surface area contributed by atoms with Gasteiger partial charge in [0.05, 0.1) is 0 Å². The normalized spacial score (nSPS) is 11.7. The van der Waals surface area contributed by atoms with Crippen LogP contribution in [0.3, 0.4) is 0 Å². The zero-order valence-corrected chi connectivity index (χ0v) is 9.62. The smallest absolute Gasteiger partial charge is 0.221 e. The second kappa shape index (κ2) is 5.05. The van der Waals surface area contributed by atoms with E-state index in [4.69, 9.17) is 4.42 Å². The fourth-order valence-electron chi connectivity index (χ4n) is 1.16. The van der Waals surface area contributed by atoms with Gasteiger partial charge in [0.25, 0.3) is 0 Å². The molecule has 0 fully saturated rings. The Balaban J connectivity index is 2.43. The van der Waals surface area contributed by atoms with Gasteiger partial charge in [-0.05, 0) is 12.8 Å². The molecule has 4 heteroatoms. The number of carbonyl (C=O) groups excluding carboxylic acids is 1. The van der Waals surface area contributed by atoms with E-state index in [1.807, 2.05) is 20.8 Å². The first-order valence-electron chi connectivity index (χ1n) is 5.30. The molecule has 0 bridgehead atoms. The number of hydrogen-bond donors (Lipinski definition) is 0. The van der Waals surface area contributed by atoms with Crippen LogP contribution in [0.1, 0.15) is 51.8 Å². The maximum atomic E-state index is 10.1. The molecule has 0 aromatic carbocycles. The molecule has 0 radical (unpaired) electrons. The molecule has 0 aliphatic heterocycles. The summed E-state index contributed by atoms with van der Waals surface area (Å²) < 4.78 is 5.52. The second-order valence-corrected chi connectivity index (χ2v) is 4.66. The van der Waals surface area contributed by atoms with Gasteiger partial charge in [-0.25, -0.2) is 0 Å². The summed E-state index contributed by atoms with van der Waals surface area (Å²) in [6, 6.07) is 0. The lowest BCUT2D eigenvalue weighted by Crippen LogP contribution is -2.11. The summed E-state index contributed by atoms with van der Waals surface area (Å²) in [7, 11) is 0. The van der Waals surface area contributed by atoms with Crippen LogP contribution < -0.4 is 0 Å². The van der Waals surface area contributed by atoms with Gasteiger partial charge in [0.2, 0.25) is 11.8 Å². The summed E-state index contributed by atoms with van der Waals surface area (Å²) in [5, 5.41) is 7.98. The number of unbranched alkanes of at least 4 members (excludes halogenated alkanes) is 2. The monoisotopic (exact) mass is 210 g/mol. The van der Waals surface area contributed by atoms with Gasteiger partial charge in [-0.15, -0.1) is 10.2 Å². The topological polar surface area (TPSA) is 56.0 Å². The number of aldehydes is 1. The van der Waals surface area contributed by atoms with Crippen LogP contribution in [0, 0.1) is 0 Å². The summed E-state index contributed by atoms with van der Waals surface area (Å²) >= 11 is 0. The molecular weight excluding hydrogens is 192 g/mol. The Hall–Kier alpha value is -1.19. The average Bonchev–Trinajstić information content (AvgIpc) is 2.60. The molecule has 1 heterocycles. The van der Waals surface area contributed by atoms with Crippen LogP contribution in [0.4, 0.5) is 0 Å². The number of carbonyl (C=O) groups is 1. The van der Waals surface area contributed by atoms with Crippen molar-refractivity contribution in [3.05, 3.63) is 11.8 Å². The molecule has 0 saturated carbocycles. The molecule has 1 aromatic rings. The minimum Gasteiger partial charge on any atom is -0.425 e. The first kappa shape index (κ1) is 11.9. The van der Waals surface area contributed by atoms with Crippen LogP contribution in [0.5, 0.6) is 0 Å². The molecule has 0 unspecified atom stereocenters. The quantitative estimate of drug-likeness (QED) is 0.552. The Labute approximate surface area is 90.1 Å². The van der Waals surface area contributed by atoms with Crippen molar-refractivity contribution in [1.29, 1.82) is 0 Å². The zero-order chi connectivity index (χ0) is 11.3. The van der Waals surface area contributed by atoms with Gasteiger partial charge in [0.15, 0.2) is 0 Å². The van der Waals surface area contributed by atoms with Crippen molar-refractivity contribution in [1.82, 2.24) is 10.2 Å². The van der Waals surface area contributed by atoms with E-state index < -0.39 is 0 Å². The predicted molar refractivity (Wildman–Crippen MR) is 56.6 cm³/mol. The summed E-state index contributed by atoms with van der Waals surface area (Å²) in [6.07, 6.45) is 4.12. The third-order valence-electron chi connectivity index (χ3n) is 2.07. The predicted octanol–water partition coefficient (Wildman–Crippen LogP) is 2.28. The van der Waals surface area contributed by atoms with E-state index in [0.717, 1.165) is 25.5 Å². The molecule has 0 saturated heterocycles. The largest absolute Gasteiger partial charge is 0.425 e. The Kier molecular flexibility index (Phi) is 4.00. The lowest BCUT2D eigenvalue weighted by atomic mass is 9.97. The van der Waals surface area contributed by atoms with E-state index in [2.05, 4.69) is 10.2 Å². The van der Waals surface area contributed by atoms with Crippen molar-refractivity contribution >= 4 is 6.29 Å². The fourth-order valence-corrected chi connectivity index (χ4v) is 1.16. The molecule has 0 aliphatic rings. The highest BCUT2D eigenvalue weighted by molar-refractivity contribution is 5.48. The molecule has 15 heavy (non-hydrogen) atoms. The SMILES string of the molecule is CC(C)(C)c1nnc(CCCCC=O)o1. The van der Waals surface area contributed by atoms with Crippen LogP contribution >= 0.6 is 0 Å². The van der Waals surface area contributed by atoms with Gasteiger partial charge >= 0.3 is 0 Å². The molecule has 4 nitrogen and oxygen atoms in total. The molecule has 1 aromatic heterocycles. The summed E-state index contributed by atoms with van der Waals surface area (Å²) in [5.41, 5.74) is -0.0892. The highest BCUT2D eigenvalue weighted by Crippen LogP contribution is 2.20. The van der Waals surface area contributed by atoms with Crippen LogP contribution in [-0.4, -0.2) is 16.5 Å². The Morgan fingerprint density at radius 3 is 2.53 bits per heavy atom. The molecule has 84 valence electrons. The third kappa shape index (κ3) is 3.81. The fraction of sp³-hybridized carbons (Fsp3) is 0.727. The molecule has 0 atom stereocenters. The van der Waals surface area contributed by atoms with Crippen molar-refractivity contribution in [2.45, 2.75) is 51.9 Å². The molecule has 0 amide bonds. The van der Waals surface area contributed by atoms with Crippen LogP contribution in [-0.2, 0) is 16.6 Å². The second-order valence-electron chi connectivity index (χ2n) is 4.66. The lowest BCUT2D eigenvalue weighted by molar-refractivity contribution is -0.107. The van der Waals surface area contributed by atoms with Gasteiger partial charge < -0.3 is 9.21 Å². The van der Waals surface area contributed by atoms with Crippen molar-refractivity contribution in [3.63, 3.8) is 0 Å². The minimum atomic E-state index is -0.0892. The van der Waals surface area contributed by atoms with Gasteiger partial charge in [-0.1, -0.05) is 20.8 Å². The number of aryl methyl sites for hydroxylation is 1. The standard InChI is InChI=1S/C11H18N2O2/c1-11(2,3)10-13-12-9(15-10)7-5-4-6-8-14/h8H,4-7H2,1-3H3. The third-order valence-corrected chi connectivity index (χ3v) is 2.07. The van der Waals surface area contributed by atoms with Gasteiger partial charge in [-0.3, -0.25) is 0 Å². The van der Waals surface area contributed by atoms with Crippen molar-refractivity contribution < 1.29 is 9.21 Å². The van der Waals surface area contributed by atoms with E-state index >= 15 is 0 Å². The number of nitrogens with zero attached hydrogens (tertiary/aromatic N) is 2. The maximum absolute atomic E-state index is 10.1. The Morgan fingerprint density at radius 2 is 2.00 bits per heavy atom. The summed E-state index contributed by atoms with van der Waals surface area (Å²) in [5.74, 6) is 1.35. The lowest BCUT2D eigenvalue weighted by Gasteiger charge is -2.10. The minimum absolute atomic E-state index is 0.0892. The van der Waals surface area contributed by atoms with Crippen LogP contribution in [0.2, 0.25) is 0 Å². The first-order chi connectivity index (χ1) is 7.04. The Bertz CT molecular complexity index is 313. The molecule has 0 N–H and O–H groups in total. The van der Waals surface area contributed by atoms with Gasteiger partial charge in [-0.2, -0.15) is 0 Å². The van der Waals surface area contributed by atoms with Crippen LogP contribution in [0.25, 0.3) is 0 Å². The van der Waals surface area contributed by atoms with E-state index in [1.54, 1.807) is 0 Å². The van der Waals surface area contributed by atoms with Crippen molar-refractivity contribution in [3.8, 4) is 0 Å². The van der Waals surface area contributed by atoms with E-state index in [0.29, 0.717) is 18.2 Å². The molecule has 1 rings (SSSR count). The Morgan fingerprint density at radius 1 is 1.27 bits per heavy atom. The van der Waals surface area contributed by atoms with E-state index in [9.17, 15) is 4.79 Å². The summed E-state index contributed by atoms with van der Waals surface area (Å²) in [6.45, 7) is 6.12. The number of rotatable bonds is 5. The molecule has 0 aliphatic carbocycles. The number of aromatic nitrogens is 2. The zero-order valence-electron chi connectivity index (χ0n) is 9.62. The van der Waals surface area contributed by atoms with Gasteiger partial charge in [0, 0.05) is 18.3 Å². The van der Waals surface area contributed by atoms with Gasteiger partial charge in [0.1, 0.15) is 6.29 Å². The van der Waals surface area contributed by atoms with Crippen LogP contribution in [0.15, 0.2) is 4.42 Å². The number of hydrogen-bond acceptors (Lipinski definition) is 4. The summed E-state index contributed by atoms with van der Waals surface area (Å²) in [4.78, 5) is 10.1. The molecular formula is C11H18N2O2. The highest BCUT2D eigenvalue weighted by atomic mass is 16.4.